The number of para-hydroxylation sites is 2. The van der Waals surface area contributed by atoms with E-state index < -0.39 is 0 Å². The van der Waals surface area contributed by atoms with Gasteiger partial charge in [0.2, 0.25) is 0 Å². The zero-order valence-corrected chi connectivity index (χ0v) is 13.6. The van der Waals surface area contributed by atoms with Crippen molar-refractivity contribution in [2.24, 2.45) is 0 Å². The molecule has 5 rings (SSSR count). The normalized spacial score (nSPS) is 14.1. The molecule has 0 saturated carbocycles. The van der Waals surface area contributed by atoms with Crippen molar-refractivity contribution in [1.82, 2.24) is 9.97 Å². The summed E-state index contributed by atoms with van der Waals surface area (Å²) < 4.78 is 2.39. The molecule has 0 amide bonds. The molecule has 0 fully saturated rings. The van der Waals surface area contributed by atoms with Crippen LogP contribution in [0.25, 0.3) is 20.4 Å². The summed E-state index contributed by atoms with van der Waals surface area (Å²) >= 11 is 3.37. The summed E-state index contributed by atoms with van der Waals surface area (Å²) in [5, 5.41) is 1.93. The summed E-state index contributed by atoms with van der Waals surface area (Å²) in [6.07, 6.45) is 4.04. The van der Waals surface area contributed by atoms with Gasteiger partial charge in [-0.25, -0.2) is 9.97 Å². The first kappa shape index (κ1) is 13.1. The van der Waals surface area contributed by atoms with E-state index in [1.54, 1.807) is 22.7 Å². The third-order valence-corrected chi connectivity index (χ3v) is 5.74. The van der Waals surface area contributed by atoms with E-state index in [4.69, 9.17) is 0 Å². The number of thiazole rings is 2. The second kappa shape index (κ2) is 5.08. The number of benzene rings is 2. The molecule has 109 valence electrons. The van der Waals surface area contributed by atoms with Gasteiger partial charge in [0, 0.05) is 12.4 Å². The van der Waals surface area contributed by atoms with E-state index in [2.05, 4.69) is 22.1 Å². The second-order valence-corrected chi connectivity index (χ2v) is 7.17. The molecule has 3 heterocycles. The summed E-state index contributed by atoms with van der Waals surface area (Å²) in [7, 11) is 2.02. The lowest BCUT2D eigenvalue weighted by Crippen LogP contribution is -2.28. The highest BCUT2D eigenvalue weighted by molar-refractivity contribution is 7.23. The number of hydrogen-bond acceptors (Lipinski definition) is 6. The van der Waals surface area contributed by atoms with Crippen molar-refractivity contribution < 1.29 is 0 Å². The lowest BCUT2D eigenvalue weighted by molar-refractivity contribution is 1.34. The van der Waals surface area contributed by atoms with Crippen LogP contribution in [0.15, 0.2) is 60.9 Å². The number of nitrogens with zero attached hydrogens (tertiary/aromatic N) is 4. The van der Waals surface area contributed by atoms with E-state index in [-0.39, 0.29) is 0 Å². The van der Waals surface area contributed by atoms with Crippen LogP contribution in [0.4, 0.5) is 10.3 Å². The van der Waals surface area contributed by atoms with Crippen molar-refractivity contribution in [3.63, 3.8) is 0 Å². The van der Waals surface area contributed by atoms with Crippen molar-refractivity contribution >= 4 is 60.9 Å². The van der Waals surface area contributed by atoms with Gasteiger partial charge in [0.25, 0.3) is 0 Å². The molecule has 2 aromatic heterocycles. The predicted octanol–water partition coefficient (Wildman–Crippen LogP) is 4.24. The molecule has 0 saturated heterocycles. The van der Waals surface area contributed by atoms with Crippen LogP contribution in [-0.4, -0.2) is 17.5 Å². The first-order valence-electron chi connectivity index (χ1n) is 7.18. The van der Waals surface area contributed by atoms with Gasteiger partial charge in [0.1, 0.15) is 0 Å². The van der Waals surface area contributed by atoms with Crippen molar-refractivity contribution in [2.45, 2.75) is 0 Å². The summed E-state index contributed by atoms with van der Waals surface area (Å²) in [4.78, 5) is 13.4. The highest BCUT2D eigenvalue weighted by Gasteiger charge is 2.23. The molecule has 2 aromatic carbocycles. The number of rotatable bonds is 2. The van der Waals surface area contributed by atoms with Crippen LogP contribution in [0.3, 0.4) is 0 Å². The lowest BCUT2D eigenvalue weighted by Gasteiger charge is -2.13. The Morgan fingerprint density at radius 1 is 0.696 bits per heavy atom. The molecule has 0 atom stereocenters. The average molecular weight is 333 g/mol. The van der Waals surface area contributed by atoms with E-state index in [0.29, 0.717) is 0 Å². The SMILES string of the molecule is [B]1N(c2nc3ccccc3s2)C=CN1c1nc2ccccc2s1. The number of hydrogen-bond donors (Lipinski definition) is 0. The number of fused-ring (bicyclic) bond motifs is 2. The van der Waals surface area contributed by atoms with Crippen molar-refractivity contribution in [3.05, 3.63) is 60.9 Å². The minimum Gasteiger partial charge on any atom is -0.349 e. The summed E-state index contributed by atoms with van der Waals surface area (Å²) in [5.41, 5.74) is 2.07. The molecular formula is C16H10BN4S2. The summed E-state index contributed by atoms with van der Waals surface area (Å²) in [6, 6.07) is 16.4. The molecular weight excluding hydrogens is 323 g/mol. The third-order valence-electron chi connectivity index (χ3n) is 3.64. The lowest BCUT2D eigenvalue weighted by atomic mass is 10.1. The largest absolute Gasteiger partial charge is 0.404 e. The van der Waals surface area contributed by atoms with Crippen LogP contribution in [0.2, 0.25) is 0 Å². The molecule has 7 heteroatoms. The van der Waals surface area contributed by atoms with Crippen molar-refractivity contribution in [2.75, 3.05) is 9.62 Å². The molecule has 4 nitrogen and oxygen atoms in total. The van der Waals surface area contributed by atoms with Gasteiger partial charge in [-0.2, -0.15) is 0 Å². The fraction of sp³-hybridized carbons (Fsp3) is 0. The quantitative estimate of drug-likeness (QED) is 0.514. The Morgan fingerprint density at radius 3 is 1.65 bits per heavy atom. The first-order chi connectivity index (χ1) is 11.4. The molecule has 0 aliphatic carbocycles. The van der Waals surface area contributed by atoms with Crippen molar-refractivity contribution in [1.29, 1.82) is 0 Å². The van der Waals surface area contributed by atoms with Gasteiger partial charge in [0.05, 0.1) is 20.4 Å². The van der Waals surface area contributed by atoms with Crippen LogP contribution in [0, 0.1) is 0 Å². The van der Waals surface area contributed by atoms with Gasteiger partial charge in [-0.15, -0.1) is 0 Å². The van der Waals surface area contributed by atoms with Crippen molar-refractivity contribution in [3.8, 4) is 0 Å². The first-order valence-corrected chi connectivity index (χ1v) is 8.81. The van der Waals surface area contributed by atoms with E-state index in [0.717, 1.165) is 21.3 Å². The monoisotopic (exact) mass is 333 g/mol. The molecule has 1 aliphatic rings. The standard InChI is InChI=1S/C16H10BN4S2/c1-3-7-13-11(5-1)18-15(22-13)20-9-10-21(17-20)16-19-12-6-2-4-8-14(12)23-16/h1-10H. The third kappa shape index (κ3) is 2.20. The van der Waals surface area contributed by atoms with Gasteiger partial charge in [0.15, 0.2) is 10.3 Å². The van der Waals surface area contributed by atoms with Gasteiger partial charge < -0.3 is 9.62 Å². The molecule has 1 radical (unpaired) electrons. The van der Waals surface area contributed by atoms with E-state index >= 15 is 0 Å². The Balaban J connectivity index is 1.45. The Hall–Kier alpha value is -2.38. The maximum atomic E-state index is 4.68. The molecule has 0 unspecified atom stereocenters. The second-order valence-electron chi connectivity index (χ2n) is 5.16. The van der Waals surface area contributed by atoms with Crippen LogP contribution in [0.1, 0.15) is 0 Å². The van der Waals surface area contributed by atoms with Gasteiger partial charge in [-0.3, -0.25) is 0 Å². The fourth-order valence-corrected chi connectivity index (χ4v) is 4.36. The van der Waals surface area contributed by atoms with Gasteiger partial charge in [-0.05, 0) is 24.3 Å². The summed E-state index contributed by atoms with van der Waals surface area (Å²) in [6.45, 7) is 0. The fourth-order valence-electron chi connectivity index (χ4n) is 2.52. The van der Waals surface area contributed by atoms with E-state index in [9.17, 15) is 0 Å². The molecule has 4 aromatic rings. The molecule has 0 bridgehead atoms. The highest BCUT2D eigenvalue weighted by atomic mass is 32.1. The zero-order chi connectivity index (χ0) is 15.2. The predicted molar refractivity (Wildman–Crippen MR) is 99.1 cm³/mol. The minimum atomic E-state index is 0.964. The number of aromatic nitrogens is 2. The van der Waals surface area contributed by atoms with Crippen LogP contribution < -0.4 is 9.62 Å². The molecule has 0 spiro atoms. The Kier molecular flexibility index (Phi) is 2.89. The zero-order valence-electron chi connectivity index (χ0n) is 12.0. The van der Waals surface area contributed by atoms with Gasteiger partial charge in [-0.1, -0.05) is 46.9 Å². The van der Waals surface area contributed by atoms with Crippen LogP contribution in [-0.2, 0) is 0 Å². The average Bonchev–Trinajstić information content (AvgIpc) is 3.30. The Bertz CT molecular complexity index is 891. The number of anilines is 2. The Labute approximate surface area is 141 Å². The Morgan fingerprint density at radius 2 is 1.17 bits per heavy atom. The maximum Gasteiger partial charge on any atom is 0.404 e. The van der Waals surface area contributed by atoms with Gasteiger partial charge >= 0.3 is 7.55 Å². The molecule has 23 heavy (non-hydrogen) atoms. The van der Waals surface area contributed by atoms with Crippen LogP contribution in [0.5, 0.6) is 0 Å². The van der Waals surface area contributed by atoms with Crippen LogP contribution >= 0.6 is 22.7 Å². The van der Waals surface area contributed by atoms with E-state index in [1.807, 2.05) is 66.0 Å². The maximum absolute atomic E-state index is 4.68. The van der Waals surface area contributed by atoms with E-state index in [1.165, 1.54) is 9.40 Å². The highest BCUT2D eigenvalue weighted by Crippen LogP contribution is 2.33. The summed E-state index contributed by atoms with van der Waals surface area (Å²) in [5.74, 6) is 0. The minimum absolute atomic E-state index is 0.964. The smallest absolute Gasteiger partial charge is 0.349 e. The topological polar surface area (TPSA) is 32.3 Å². The molecule has 1 aliphatic heterocycles. The molecule has 0 N–H and O–H groups in total.